The normalized spacial score (nSPS) is 10.6. The molecule has 1 aromatic heterocycles. The SMILES string of the molecule is Nc1ccc(SCc2csc(Br)c2)cc1Cl. The lowest BCUT2D eigenvalue weighted by Crippen LogP contribution is -1.85. The largest absolute Gasteiger partial charge is 0.398 e. The van der Waals surface area contributed by atoms with E-state index in [0.717, 1.165) is 10.6 Å². The second-order valence-electron chi connectivity index (χ2n) is 3.23. The van der Waals surface area contributed by atoms with Gasteiger partial charge in [-0.2, -0.15) is 0 Å². The highest BCUT2D eigenvalue weighted by Crippen LogP contribution is 2.30. The van der Waals surface area contributed by atoms with Gasteiger partial charge in [0.15, 0.2) is 0 Å². The van der Waals surface area contributed by atoms with Crippen molar-refractivity contribution in [3.05, 3.63) is 44.0 Å². The van der Waals surface area contributed by atoms with Crippen LogP contribution in [0.15, 0.2) is 38.3 Å². The molecular weight excluding hydrogens is 326 g/mol. The second-order valence-corrected chi connectivity index (χ2v) is 6.98. The van der Waals surface area contributed by atoms with E-state index in [4.69, 9.17) is 17.3 Å². The minimum absolute atomic E-state index is 0.622. The van der Waals surface area contributed by atoms with E-state index in [0.29, 0.717) is 10.7 Å². The van der Waals surface area contributed by atoms with Crippen LogP contribution in [0.1, 0.15) is 5.56 Å². The van der Waals surface area contributed by atoms with Crippen molar-refractivity contribution < 1.29 is 0 Å². The van der Waals surface area contributed by atoms with Crippen LogP contribution in [0.5, 0.6) is 0 Å². The number of nitrogen functional groups attached to an aromatic ring is 1. The van der Waals surface area contributed by atoms with Crippen molar-refractivity contribution in [2.45, 2.75) is 10.6 Å². The van der Waals surface area contributed by atoms with Gasteiger partial charge in [0.05, 0.1) is 14.5 Å². The van der Waals surface area contributed by atoms with Crippen LogP contribution in [0.25, 0.3) is 0 Å². The molecule has 0 aliphatic heterocycles. The number of thiophene rings is 1. The third-order valence-corrected chi connectivity index (χ3v) is 4.94. The molecule has 1 aromatic carbocycles. The van der Waals surface area contributed by atoms with Crippen molar-refractivity contribution in [3.63, 3.8) is 0 Å². The highest BCUT2D eigenvalue weighted by atomic mass is 79.9. The van der Waals surface area contributed by atoms with E-state index < -0.39 is 0 Å². The molecule has 16 heavy (non-hydrogen) atoms. The van der Waals surface area contributed by atoms with Gasteiger partial charge >= 0.3 is 0 Å². The standard InChI is InChI=1S/C11H9BrClNS2/c12-11-3-7(6-16-11)5-15-8-1-2-10(14)9(13)4-8/h1-4,6H,5,14H2. The van der Waals surface area contributed by atoms with Crippen molar-refractivity contribution >= 4 is 56.3 Å². The van der Waals surface area contributed by atoms with E-state index in [-0.39, 0.29) is 0 Å². The molecule has 2 rings (SSSR count). The second kappa shape index (κ2) is 5.45. The van der Waals surface area contributed by atoms with Crippen LogP contribution in [0, 0.1) is 0 Å². The smallest absolute Gasteiger partial charge is 0.0701 e. The lowest BCUT2D eigenvalue weighted by atomic mass is 10.3. The molecule has 0 amide bonds. The van der Waals surface area contributed by atoms with Crippen LogP contribution in [0.2, 0.25) is 5.02 Å². The molecule has 0 atom stereocenters. The number of thioether (sulfide) groups is 1. The Labute approximate surface area is 116 Å². The maximum Gasteiger partial charge on any atom is 0.0701 e. The molecule has 0 saturated heterocycles. The average Bonchev–Trinajstić information content (AvgIpc) is 2.66. The third-order valence-electron chi connectivity index (χ3n) is 2.00. The van der Waals surface area contributed by atoms with Gasteiger partial charge in [-0.3, -0.25) is 0 Å². The summed E-state index contributed by atoms with van der Waals surface area (Å²) in [4.78, 5) is 1.14. The molecule has 5 heteroatoms. The van der Waals surface area contributed by atoms with E-state index in [2.05, 4.69) is 27.4 Å². The van der Waals surface area contributed by atoms with Gasteiger partial charge < -0.3 is 5.73 Å². The molecule has 0 radical (unpaired) electrons. The summed E-state index contributed by atoms with van der Waals surface area (Å²) in [6, 6.07) is 7.88. The van der Waals surface area contributed by atoms with Gasteiger partial charge in [0, 0.05) is 10.6 Å². The fraction of sp³-hybridized carbons (Fsp3) is 0.0909. The van der Waals surface area contributed by atoms with Crippen LogP contribution in [0.4, 0.5) is 5.69 Å². The third kappa shape index (κ3) is 3.17. The van der Waals surface area contributed by atoms with E-state index in [1.807, 2.05) is 18.2 Å². The fourth-order valence-corrected chi connectivity index (χ4v) is 3.61. The van der Waals surface area contributed by atoms with Crippen molar-refractivity contribution in [1.29, 1.82) is 0 Å². The number of halogens is 2. The molecule has 0 aliphatic carbocycles. The Hall–Kier alpha value is -0.160. The number of anilines is 1. The molecule has 0 spiro atoms. The lowest BCUT2D eigenvalue weighted by Gasteiger charge is -2.02. The summed E-state index contributed by atoms with van der Waals surface area (Å²) in [6.07, 6.45) is 0. The summed E-state index contributed by atoms with van der Waals surface area (Å²) in [6.45, 7) is 0. The van der Waals surface area contributed by atoms with Crippen LogP contribution >= 0.6 is 50.6 Å². The van der Waals surface area contributed by atoms with Crippen molar-refractivity contribution in [2.75, 3.05) is 5.73 Å². The van der Waals surface area contributed by atoms with Gasteiger partial charge in [-0.25, -0.2) is 0 Å². The number of nitrogens with two attached hydrogens (primary N) is 1. The van der Waals surface area contributed by atoms with Crippen LogP contribution < -0.4 is 5.73 Å². The zero-order valence-corrected chi connectivity index (χ0v) is 12.2. The summed E-state index contributed by atoms with van der Waals surface area (Å²) in [5.74, 6) is 0.947. The Kier molecular flexibility index (Phi) is 4.19. The minimum Gasteiger partial charge on any atom is -0.398 e. The fourth-order valence-electron chi connectivity index (χ4n) is 1.19. The summed E-state index contributed by atoms with van der Waals surface area (Å²) >= 11 is 12.9. The summed E-state index contributed by atoms with van der Waals surface area (Å²) in [5.41, 5.74) is 7.60. The molecule has 0 fully saturated rings. The zero-order chi connectivity index (χ0) is 11.5. The highest BCUT2D eigenvalue weighted by Gasteiger charge is 2.01. The minimum atomic E-state index is 0.622. The number of rotatable bonds is 3. The average molecular weight is 335 g/mol. The monoisotopic (exact) mass is 333 g/mol. The molecule has 1 nitrogen and oxygen atoms in total. The molecule has 2 aromatic rings. The van der Waals surface area contributed by atoms with E-state index in [1.165, 1.54) is 9.35 Å². The first kappa shape index (κ1) is 12.3. The van der Waals surface area contributed by atoms with Crippen LogP contribution in [-0.2, 0) is 5.75 Å². The summed E-state index contributed by atoms with van der Waals surface area (Å²) in [5, 5.41) is 2.77. The molecule has 84 valence electrons. The molecular formula is C11H9BrClNS2. The van der Waals surface area contributed by atoms with Gasteiger partial charge in [-0.15, -0.1) is 23.1 Å². The maximum atomic E-state index is 5.96. The Morgan fingerprint density at radius 1 is 1.38 bits per heavy atom. The van der Waals surface area contributed by atoms with E-state index in [1.54, 1.807) is 23.1 Å². The van der Waals surface area contributed by atoms with Gasteiger partial charge in [0.25, 0.3) is 0 Å². The van der Waals surface area contributed by atoms with Crippen molar-refractivity contribution in [2.24, 2.45) is 0 Å². The summed E-state index contributed by atoms with van der Waals surface area (Å²) < 4.78 is 1.17. The Balaban J connectivity index is 2.02. The molecule has 2 N–H and O–H groups in total. The predicted octanol–water partition coefficient (Wildman–Crippen LogP) is 5.04. The van der Waals surface area contributed by atoms with Gasteiger partial charge in [-0.05, 0) is 51.1 Å². The Bertz CT molecular complexity index is 498. The molecule has 0 bridgehead atoms. The first-order chi connectivity index (χ1) is 7.65. The van der Waals surface area contributed by atoms with Gasteiger partial charge in [0.2, 0.25) is 0 Å². The Morgan fingerprint density at radius 2 is 2.19 bits per heavy atom. The zero-order valence-electron chi connectivity index (χ0n) is 8.24. The topological polar surface area (TPSA) is 26.0 Å². The molecule has 0 aliphatic rings. The van der Waals surface area contributed by atoms with E-state index in [9.17, 15) is 0 Å². The number of hydrogen-bond acceptors (Lipinski definition) is 3. The van der Waals surface area contributed by atoms with Crippen molar-refractivity contribution in [3.8, 4) is 0 Å². The first-order valence-electron chi connectivity index (χ1n) is 4.56. The van der Waals surface area contributed by atoms with Gasteiger partial charge in [0.1, 0.15) is 0 Å². The highest BCUT2D eigenvalue weighted by molar-refractivity contribution is 9.11. The number of benzene rings is 1. The maximum absolute atomic E-state index is 5.96. The molecule has 0 saturated carbocycles. The quantitative estimate of drug-likeness (QED) is 0.628. The lowest BCUT2D eigenvalue weighted by molar-refractivity contribution is 1.41. The first-order valence-corrected chi connectivity index (χ1v) is 7.59. The van der Waals surface area contributed by atoms with Crippen LogP contribution in [-0.4, -0.2) is 0 Å². The molecule has 0 unspecified atom stereocenters. The summed E-state index contributed by atoms with van der Waals surface area (Å²) in [7, 11) is 0. The number of hydrogen-bond donors (Lipinski definition) is 1. The predicted molar refractivity (Wildman–Crippen MR) is 77.4 cm³/mol. The van der Waals surface area contributed by atoms with Crippen LogP contribution in [0.3, 0.4) is 0 Å². The van der Waals surface area contributed by atoms with Gasteiger partial charge in [-0.1, -0.05) is 11.6 Å². The Morgan fingerprint density at radius 3 is 2.81 bits per heavy atom. The van der Waals surface area contributed by atoms with Crippen molar-refractivity contribution in [1.82, 2.24) is 0 Å². The van der Waals surface area contributed by atoms with E-state index >= 15 is 0 Å². The molecule has 1 heterocycles.